The van der Waals surface area contributed by atoms with Gasteiger partial charge in [-0.2, -0.15) is 4.57 Å². The first kappa shape index (κ1) is 47.2. The van der Waals surface area contributed by atoms with Crippen LogP contribution in [0.5, 0.6) is 0 Å². The second-order valence-electron chi connectivity index (χ2n) is 11.7. The predicted molar refractivity (Wildman–Crippen MR) is 173 cm³/mol. The number of nitrogens with two attached hydrogens (primary N) is 3. The fraction of sp³-hybridized carbons (Fsp3) is 0.690. The zero-order valence-corrected chi connectivity index (χ0v) is 30.0. The summed E-state index contributed by atoms with van der Waals surface area (Å²) in [6.07, 6.45) is -10.1. The Morgan fingerprint density at radius 1 is 1.04 bits per heavy atom. The Bertz CT molecular complexity index is 1410. The highest BCUT2D eigenvalue weighted by molar-refractivity contribution is 7.09. The smallest absolute Gasteiger partial charge is 0.320 e. The first-order valence-electron chi connectivity index (χ1n) is 15.6. The van der Waals surface area contributed by atoms with Crippen LogP contribution in [0.3, 0.4) is 0 Å². The zero-order valence-electron chi connectivity index (χ0n) is 28.4. The number of amides is 1. The summed E-state index contributed by atoms with van der Waals surface area (Å²) in [6.45, 7) is 2.39. The van der Waals surface area contributed by atoms with Crippen molar-refractivity contribution in [2.45, 2.75) is 101 Å². The number of carboxylic acids is 1. The molecule has 16 N–H and O–H groups in total. The van der Waals surface area contributed by atoms with Crippen molar-refractivity contribution in [1.29, 1.82) is 0 Å². The van der Waals surface area contributed by atoms with Crippen LogP contribution in [-0.2, 0) is 36.8 Å². The van der Waals surface area contributed by atoms with Crippen LogP contribution in [0.2, 0.25) is 0 Å². The number of carbonyl (C=O) groups excluding carboxylic acids is 1. The van der Waals surface area contributed by atoms with Crippen LogP contribution in [0.25, 0.3) is 0 Å². The normalized spacial score (nSPS) is 28.8. The Labute approximate surface area is 308 Å². The molecule has 0 spiro atoms. The minimum absolute atomic E-state index is 0. The van der Waals surface area contributed by atoms with Gasteiger partial charge in [-0.25, -0.2) is 9.97 Å². The molecule has 52 heavy (non-hydrogen) atoms. The summed E-state index contributed by atoms with van der Waals surface area (Å²) in [5.41, 5.74) is 19.8. The Morgan fingerprint density at radius 3 is 2.17 bits per heavy atom. The highest BCUT2D eigenvalue weighted by Crippen LogP contribution is 2.35. The number of thiazole rings is 1. The number of anilines is 1. The second kappa shape index (κ2) is 21.8. The minimum atomic E-state index is -2.22. The molecule has 2 fully saturated rings. The van der Waals surface area contributed by atoms with Crippen LogP contribution >= 0.6 is 11.3 Å². The van der Waals surface area contributed by atoms with Crippen molar-refractivity contribution in [3.63, 3.8) is 0 Å². The molecule has 2 aromatic heterocycles. The van der Waals surface area contributed by atoms with E-state index in [-0.39, 0.29) is 31.9 Å². The third-order valence-electron chi connectivity index (χ3n) is 7.94. The molecule has 0 aromatic carbocycles. The molecule has 2 aliphatic heterocycles. The van der Waals surface area contributed by atoms with Gasteiger partial charge in [0.15, 0.2) is 18.5 Å². The molecular formula is C29H49ClN6O15S. The number of carboxylic acid groups (broad SMARTS) is 1. The van der Waals surface area contributed by atoms with Crippen molar-refractivity contribution in [2.24, 2.45) is 11.5 Å². The molecule has 4 rings (SSSR count). The van der Waals surface area contributed by atoms with Gasteiger partial charge in [0, 0.05) is 32.6 Å². The zero-order chi connectivity index (χ0) is 38.6. The number of aliphatic hydroxyl groups is 9. The summed E-state index contributed by atoms with van der Waals surface area (Å²) in [5, 5.41) is 93.9. The van der Waals surface area contributed by atoms with Gasteiger partial charge < -0.3 is 94.9 Å². The van der Waals surface area contributed by atoms with Crippen LogP contribution in [0.4, 0.5) is 5.82 Å². The van der Waals surface area contributed by atoms with Gasteiger partial charge in [-0.05, 0) is 13.3 Å². The third-order valence-corrected chi connectivity index (χ3v) is 9.09. The average Bonchev–Trinajstić information content (AvgIpc) is 3.56. The molecule has 2 saturated heterocycles. The number of hydrogen-bond donors (Lipinski definition) is 13. The number of aromatic nitrogens is 3. The van der Waals surface area contributed by atoms with Crippen molar-refractivity contribution in [3.05, 3.63) is 33.7 Å². The summed E-state index contributed by atoms with van der Waals surface area (Å²) >= 11 is 1.65. The van der Waals surface area contributed by atoms with Crippen molar-refractivity contribution in [3.8, 4) is 0 Å². The van der Waals surface area contributed by atoms with Crippen LogP contribution < -0.4 is 34.2 Å². The number of primary amides is 1. The molecule has 2 aliphatic rings. The van der Waals surface area contributed by atoms with E-state index in [0.29, 0.717) is 24.6 Å². The number of nitrogen functional groups attached to an aromatic ring is 1. The van der Waals surface area contributed by atoms with Gasteiger partial charge in [0.25, 0.3) is 0 Å². The maximum atomic E-state index is 10.1. The summed E-state index contributed by atoms with van der Waals surface area (Å²) in [5.74, 6) is -2.65. The standard InChI is InChI=1S/C12H17N4OS.C12H22O11.C5H10N2O3.ClH/c1-8-11(3-4-17)18-7-16(8)6-10-5-14-9(2)15-12(10)13;13-1-4-6(16)8(18)9(19)11(21-4)23-12(3-15)10(20)7(17)5(2-14)22-12;6-3(5(9)10)1-2-4(7)8;/h5,7,17H,3-4,6H2,1-2H3,(H2,13,14,15);4-11,13-20H,1-3H2;3H,1-2,6H2,(H2,7,8)(H,9,10);1H/q+1;;;/p-1/t;4-,5-,6-,7-,8+,9-,10+,11-,12+;;/m.1../s1. The average molecular weight is 789 g/mol. The summed E-state index contributed by atoms with van der Waals surface area (Å²) in [6, 6.07) is -0.979. The van der Waals surface area contributed by atoms with Crippen molar-refractivity contribution in [2.75, 3.05) is 32.2 Å². The quantitative estimate of drug-likeness (QED) is 0.0838. The Balaban J connectivity index is 0.000000416. The predicted octanol–water partition coefficient (Wildman–Crippen LogP) is -9.12. The fourth-order valence-electron chi connectivity index (χ4n) is 4.82. The van der Waals surface area contributed by atoms with Gasteiger partial charge in [0.1, 0.15) is 67.0 Å². The lowest BCUT2D eigenvalue weighted by atomic mass is 9.99. The molecule has 10 atom stereocenters. The molecule has 0 bridgehead atoms. The van der Waals surface area contributed by atoms with Gasteiger partial charge in [-0.1, -0.05) is 11.3 Å². The number of hydrogen-bond acceptors (Lipinski definition) is 19. The summed E-state index contributed by atoms with van der Waals surface area (Å²) < 4.78 is 17.6. The molecule has 298 valence electrons. The van der Waals surface area contributed by atoms with Gasteiger partial charge in [-0.15, -0.1) is 0 Å². The molecule has 0 radical (unpaired) electrons. The van der Waals surface area contributed by atoms with Crippen molar-refractivity contribution < 1.29 is 91.8 Å². The maximum Gasteiger partial charge on any atom is 0.320 e. The molecule has 2 aromatic rings. The van der Waals surface area contributed by atoms with Gasteiger partial charge in [-0.3, -0.25) is 9.59 Å². The SMILES string of the molecule is Cc1ncc(C[n+]2csc(CCO)c2C)c(N)n1.NC(=O)CCC(N)C(=O)O.OC[C@H]1O[C@@](CO)(O[C@H]2O[C@H](CO)[C@@H](O)[C@H](O)[C@H]2O)[C@@H](O)[C@@H]1O.[Cl-]. The number of aryl methyl sites for hydroxylation is 1. The number of halogens is 1. The van der Waals surface area contributed by atoms with Crippen LogP contribution in [0.15, 0.2) is 11.7 Å². The molecule has 1 amide bonds. The highest BCUT2D eigenvalue weighted by Gasteiger charge is 2.58. The molecule has 0 aliphatic carbocycles. The summed E-state index contributed by atoms with van der Waals surface area (Å²) in [7, 11) is 0. The van der Waals surface area contributed by atoms with E-state index in [0.717, 1.165) is 11.3 Å². The minimum Gasteiger partial charge on any atom is -1.00 e. The number of carbonyl (C=O) groups is 2. The van der Waals surface area contributed by atoms with E-state index in [1.54, 1.807) is 17.5 Å². The van der Waals surface area contributed by atoms with E-state index < -0.39 is 92.5 Å². The molecule has 4 heterocycles. The fourth-order valence-corrected chi connectivity index (χ4v) is 5.80. The van der Waals surface area contributed by atoms with Crippen molar-refractivity contribution >= 4 is 29.0 Å². The molecule has 0 saturated carbocycles. The first-order valence-corrected chi connectivity index (χ1v) is 16.5. The Morgan fingerprint density at radius 2 is 1.67 bits per heavy atom. The number of nitrogens with zero attached hydrogens (tertiary/aromatic N) is 3. The Kier molecular flexibility index (Phi) is 19.8. The van der Waals surface area contributed by atoms with Crippen molar-refractivity contribution in [1.82, 2.24) is 9.97 Å². The van der Waals surface area contributed by atoms with E-state index in [2.05, 4.69) is 14.5 Å². The van der Waals surface area contributed by atoms with Crippen LogP contribution in [0, 0.1) is 13.8 Å². The van der Waals surface area contributed by atoms with E-state index >= 15 is 0 Å². The first-order chi connectivity index (χ1) is 24.0. The van der Waals surface area contributed by atoms with Gasteiger partial charge >= 0.3 is 5.97 Å². The highest BCUT2D eigenvalue weighted by atomic mass is 35.5. The number of aliphatic carboxylic acids is 1. The topological polar surface area (TPSA) is 372 Å². The largest absolute Gasteiger partial charge is 1.00 e. The van der Waals surface area contributed by atoms with Gasteiger partial charge in [0.05, 0.1) is 23.7 Å². The van der Waals surface area contributed by atoms with Gasteiger partial charge in [0.2, 0.25) is 17.2 Å². The lowest BCUT2D eigenvalue weighted by Gasteiger charge is -2.43. The lowest BCUT2D eigenvalue weighted by molar-refractivity contribution is -0.689. The molecule has 21 nitrogen and oxygen atoms in total. The molecular weight excluding hydrogens is 740 g/mol. The number of rotatable bonds is 13. The van der Waals surface area contributed by atoms with E-state index in [9.17, 15) is 40.2 Å². The second-order valence-corrected chi connectivity index (χ2v) is 12.6. The third kappa shape index (κ3) is 12.4. The van der Waals surface area contributed by atoms with E-state index in [4.69, 9.17) is 51.8 Å². The van der Waals surface area contributed by atoms with E-state index in [1.807, 2.05) is 19.4 Å². The van der Waals surface area contributed by atoms with Crippen LogP contribution in [-0.4, -0.2) is 160 Å². The summed E-state index contributed by atoms with van der Waals surface area (Å²) in [4.78, 5) is 29.7. The monoisotopic (exact) mass is 788 g/mol. The number of ether oxygens (including phenoxy) is 3. The lowest BCUT2D eigenvalue weighted by Crippen LogP contribution is -3.00. The molecule has 23 heteroatoms. The number of aliphatic hydroxyl groups excluding tert-OH is 9. The maximum absolute atomic E-state index is 10.1. The van der Waals surface area contributed by atoms with E-state index in [1.165, 1.54) is 4.88 Å². The van der Waals surface area contributed by atoms with Crippen LogP contribution in [0.1, 0.15) is 34.8 Å². The Hall–Kier alpha value is -2.78. The molecule has 1 unspecified atom stereocenters.